The molecule has 0 radical (unpaired) electrons. The maximum Gasteiger partial charge on any atom is 0.370 e. The van der Waals surface area contributed by atoms with E-state index in [0.29, 0.717) is 5.92 Å². The van der Waals surface area contributed by atoms with Crippen LogP contribution in [0.4, 0.5) is 0 Å². The van der Waals surface area contributed by atoms with E-state index in [-0.39, 0.29) is 0 Å². The molecule has 1 aliphatic heterocycles. The number of carboxylic acid groups (broad SMARTS) is 1. The summed E-state index contributed by atoms with van der Waals surface area (Å²) in [6.45, 7) is 7.77. The number of carboxylic acids is 1. The minimum atomic E-state index is -1.41. The van der Waals surface area contributed by atoms with Crippen LogP contribution in [0.15, 0.2) is 0 Å². The molecule has 0 bridgehead atoms. The summed E-state index contributed by atoms with van der Waals surface area (Å²) in [5.41, 5.74) is -0.493. The van der Waals surface area contributed by atoms with Crippen LogP contribution in [0.1, 0.15) is 34.1 Å². The lowest BCUT2D eigenvalue weighted by Gasteiger charge is -2.26. The van der Waals surface area contributed by atoms with E-state index in [2.05, 4.69) is 9.78 Å². The smallest absolute Gasteiger partial charge is 0.370 e. The predicted molar refractivity (Wildman–Crippen MR) is 45.8 cm³/mol. The molecule has 1 rings (SSSR count). The van der Waals surface area contributed by atoms with Gasteiger partial charge in [-0.2, -0.15) is 9.78 Å². The molecule has 1 heterocycles. The van der Waals surface area contributed by atoms with Crippen molar-refractivity contribution in [3.63, 3.8) is 0 Å². The van der Waals surface area contributed by atoms with E-state index in [1.165, 1.54) is 0 Å². The number of hydrogen-bond acceptors (Lipinski definition) is 3. The highest BCUT2D eigenvalue weighted by Gasteiger charge is 2.67. The van der Waals surface area contributed by atoms with Crippen LogP contribution in [0.25, 0.3) is 0 Å². The van der Waals surface area contributed by atoms with Gasteiger partial charge in [-0.05, 0) is 12.3 Å². The Balaban J connectivity index is 2.74. The summed E-state index contributed by atoms with van der Waals surface area (Å²) < 4.78 is 0. The highest BCUT2D eigenvalue weighted by atomic mass is 17.4. The molecule has 0 aromatic carbocycles. The van der Waals surface area contributed by atoms with Crippen molar-refractivity contribution in [1.29, 1.82) is 0 Å². The predicted octanol–water partition coefficient (Wildman–Crippen LogP) is 1.80. The van der Waals surface area contributed by atoms with Gasteiger partial charge in [0, 0.05) is 5.41 Å². The van der Waals surface area contributed by atoms with E-state index in [1.807, 2.05) is 27.7 Å². The molecule has 4 nitrogen and oxygen atoms in total. The molecule has 76 valence electrons. The van der Waals surface area contributed by atoms with E-state index < -0.39 is 17.2 Å². The Kier molecular flexibility index (Phi) is 2.38. The summed E-state index contributed by atoms with van der Waals surface area (Å²) in [6.07, 6.45) is 0.749. The second kappa shape index (κ2) is 2.96. The second-order valence-electron chi connectivity index (χ2n) is 4.57. The molecule has 0 aromatic rings. The van der Waals surface area contributed by atoms with Gasteiger partial charge >= 0.3 is 11.8 Å². The second-order valence-corrected chi connectivity index (χ2v) is 4.57. The molecule has 13 heavy (non-hydrogen) atoms. The average Bonchev–Trinajstić information content (AvgIpc) is 2.60. The van der Waals surface area contributed by atoms with Crippen molar-refractivity contribution in [1.82, 2.24) is 0 Å². The summed E-state index contributed by atoms with van der Waals surface area (Å²) in [5.74, 6) is -2.03. The third-order valence-corrected chi connectivity index (χ3v) is 2.34. The van der Waals surface area contributed by atoms with Crippen LogP contribution >= 0.6 is 0 Å². The lowest BCUT2D eigenvalue weighted by Crippen LogP contribution is -2.41. The molecule has 1 fully saturated rings. The Morgan fingerprint density at radius 2 is 1.92 bits per heavy atom. The van der Waals surface area contributed by atoms with Gasteiger partial charge in [0.05, 0.1) is 0 Å². The number of aliphatic carboxylic acids is 1. The van der Waals surface area contributed by atoms with Crippen LogP contribution in [0, 0.1) is 11.3 Å². The van der Waals surface area contributed by atoms with Gasteiger partial charge in [0.25, 0.3) is 0 Å². The molecule has 0 amide bonds. The Morgan fingerprint density at radius 1 is 1.46 bits per heavy atom. The largest absolute Gasteiger partial charge is 0.477 e. The van der Waals surface area contributed by atoms with Crippen molar-refractivity contribution < 1.29 is 19.7 Å². The fourth-order valence-corrected chi connectivity index (χ4v) is 1.78. The topological polar surface area (TPSA) is 62.4 Å². The highest BCUT2D eigenvalue weighted by molar-refractivity contribution is 5.78. The lowest BCUT2D eigenvalue weighted by molar-refractivity contribution is -0.150. The Bertz CT molecular complexity index is 216. The molecule has 0 saturated carbocycles. The van der Waals surface area contributed by atoms with Gasteiger partial charge in [-0.3, -0.25) is 0 Å². The zero-order valence-electron chi connectivity index (χ0n) is 8.46. The van der Waals surface area contributed by atoms with Gasteiger partial charge in [-0.1, -0.05) is 27.7 Å². The molecule has 0 atom stereocenters. The Labute approximate surface area is 77.8 Å². The van der Waals surface area contributed by atoms with Gasteiger partial charge < -0.3 is 5.11 Å². The standard InChI is InChI=1S/C9H16O4/c1-6(2)5-8(3,4)9(7(10)11)12-13-9/h6H,5H2,1-4H3,(H,10,11). The molecule has 0 aromatic heterocycles. The van der Waals surface area contributed by atoms with Crippen molar-refractivity contribution in [3.05, 3.63) is 0 Å². The van der Waals surface area contributed by atoms with Crippen LogP contribution < -0.4 is 0 Å². The van der Waals surface area contributed by atoms with Crippen LogP contribution in [0.5, 0.6) is 0 Å². The van der Waals surface area contributed by atoms with E-state index in [0.717, 1.165) is 6.42 Å². The summed E-state index contributed by atoms with van der Waals surface area (Å²) in [4.78, 5) is 20.1. The van der Waals surface area contributed by atoms with Crippen molar-refractivity contribution >= 4 is 5.97 Å². The maximum atomic E-state index is 10.9. The first-order chi connectivity index (χ1) is 5.82. The van der Waals surface area contributed by atoms with Gasteiger partial charge in [0.1, 0.15) is 0 Å². The van der Waals surface area contributed by atoms with E-state index >= 15 is 0 Å². The van der Waals surface area contributed by atoms with Gasteiger partial charge in [0.2, 0.25) is 0 Å². The van der Waals surface area contributed by atoms with E-state index in [4.69, 9.17) is 5.11 Å². The third kappa shape index (κ3) is 1.69. The molecule has 0 spiro atoms. The van der Waals surface area contributed by atoms with Gasteiger partial charge in [-0.15, -0.1) is 0 Å². The van der Waals surface area contributed by atoms with Crippen molar-refractivity contribution in [2.45, 2.75) is 39.9 Å². The first-order valence-electron chi connectivity index (χ1n) is 4.42. The molecule has 4 heteroatoms. The summed E-state index contributed by atoms with van der Waals surface area (Å²) in [6, 6.07) is 0. The zero-order chi connectivity index (χ0) is 10.3. The van der Waals surface area contributed by atoms with E-state index in [9.17, 15) is 4.79 Å². The van der Waals surface area contributed by atoms with Gasteiger partial charge in [-0.25, -0.2) is 4.79 Å². The van der Waals surface area contributed by atoms with Crippen LogP contribution in [-0.2, 0) is 14.6 Å². The molecule has 1 aliphatic rings. The Hall–Kier alpha value is -0.610. The summed E-state index contributed by atoms with van der Waals surface area (Å²) in [5, 5.41) is 8.90. The maximum absolute atomic E-state index is 10.9. The SMILES string of the molecule is CC(C)CC(C)(C)C1(C(=O)O)OO1. The molecular weight excluding hydrogens is 172 g/mol. The molecule has 0 aliphatic carbocycles. The van der Waals surface area contributed by atoms with Gasteiger partial charge in [0.15, 0.2) is 0 Å². The lowest BCUT2D eigenvalue weighted by atomic mass is 9.77. The van der Waals surface area contributed by atoms with Crippen molar-refractivity contribution in [2.75, 3.05) is 0 Å². The Morgan fingerprint density at radius 3 is 2.15 bits per heavy atom. The number of hydrogen-bond donors (Lipinski definition) is 1. The normalized spacial score (nSPS) is 20.4. The van der Waals surface area contributed by atoms with Crippen molar-refractivity contribution in [3.8, 4) is 0 Å². The average molecular weight is 188 g/mol. The van der Waals surface area contributed by atoms with Crippen LogP contribution in [0.3, 0.4) is 0 Å². The molecule has 1 saturated heterocycles. The quantitative estimate of drug-likeness (QED) is 0.539. The first kappa shape index (κ1) is 10.5. The summed E-state index contributed by atoms with van der Waals surface area (Å²) >= 11 is 0. The first-order valence-corrected chi connectivity index (χ1v) is 4.42. The third-order valence-electron chi connectivity index (χ3n) is 2.34. The number of rotatable bonds is 4. The summed E-state index contributed by atoms with van der Waals surface area (Å²) in [7, 11) is 0. The van der Waals surface area contributed by atoms with Crippen LogP contribution in [0.2, 0.25) is 0 Å². The molecule has 0 unspecified atom stereocenters. The fourth-order valence-electron chi connectivity index (χ4n) is 1.78. The molecule has 1 N–H and O–H groups in total. The van der Waals surface area contributed by atoms with Crippen LogP contribution in [-0.4, -0.2) is 16.9 Å². The fraction of sp³-hybridized carbons (Fsp3) is 0.889. The highest BCUT2D eigenvalue weighted by Crippen LogP contribution is 2.49. The van der Waals surface area contributed by atoms with E-state index in [1.54, 1.807) is 0 Å². The monoisotopic (exact) mass is 188 g/mol. The number of carbonyl (C=O) groups is 1. The zero-order valence-corrected chi connectivity index (χ0v) is 8.46. The molecular formula is C9H16O4. The minimum absolute atomic E-state index is 0.416. The van der Waals surface area contributed by atoms with Crippen molar-refractivity contribution in [2.24, 2.45) is 11.3 Å². The minimum Gasteiger partial charge on any atom is -0.477 e.